The lowest BCUT2D eigenvalue weighted by molar-refractivity contribution is -0.143. The third-order valence-corrected chi connectivity index (χ3v) is 4.59. The Labute approximate surface area is 139 Å². The van der Waals surface area contributed by atoms with Crippen LogP contribution in [0.5, 0.6) is 0 Å². The second kappa shape index (κ2) is 6.76. The predicted molar refractivity (Wildman–Crippen MR) is 85.7 cm³/mol. The van der Waals surface area contributed by atoms with E-state index in [2.05, 4.69) is 0 Å². The highest BCUT2D eigenvalue weighted by Gasteiger charge is 2.33. The number of sulfonamides is 1. The van der Waals surface area contributed by atoms with Crippen molar-refractivity contribution in [1.29, 1.82) is 0 Å². The van der Waals surface area contributed by atoms with Gasteiger partial charge in [-0.25, -0.2) is 12.8 Å². The van der Waals surface area contributed by atoms with E-state index < -0.39 is 33.6 Å². The minimum Gasteiger partial charge on any atom is -0.481 e. The number of carbonyl (C=O) groups excluding carboxylic acids is 1. The number of amides is 1. The first kappa shape index (κ1) is 18.2. The van der Waals surface area contributed by atoms with Gasteiger partial charge in [-0.3, -0.25) is 14.3 Å². The molecule has 132 valence electrons. The molecule has 2 unspecified atom stereocenters. The summed E-state index contributed by atoms with van der Waals surface area (Å²) in [5.74, 6) is -2.85. The zero-order chi connectivity index (χ0) is 18.1. The molecule has 0 spiro atoms. The molecule has 1 aromatic carbocycles. The van der Waals surface area contributed by atoms with E-state index in [-0.39, 0.29) is 23.8 Å². The molecule has 2 rings (SSSR count). The molecule has 7 nitrogen and oxygen atoms in total. The molecule has 1 aromatic rings. The molecular formula is C15H19FN2O5S. The Morgan fingerprint density at radius 1 is 1.33 bits per heavy atom. The number of carboxylic acid groups (broad SMARTS) is 1. The van der Waals surface area contributed by atoms with Crippen LogP contribution in [-0.4, -0.2) is 49.1 Å². The van der Waals surface area contributed by atoms with Crippen molar-refractivity contribution in [2.45, 2.75) is 25.8 Å². The maximum Gasteiger partial charge on any atom is 0.308 e. The Bertz CT molecular complexity index is 765. The molecule has 2 N–H and O–H groups in total. The first-order chi connectivity index (χ1) is 11.1. The third kappa shape index (κ3) is 4.22. The van der Waals surface area contributed by atoms with Crippen LogP contribution in [0.4, 0.5) is 10.1 Å². The quantitative estimate of drug-likeness (QED) is 0.849. The topological polar surface area (TPSA) is 104 Å². The molecule has 0 aromatic heterocycles. The number of carbonyl (C=O) groups is 2. The van der Waals surface area contributed by atoms with Crippen molar-refractivity contribution in [3.8, 4) is 0 Å². The highest BCUT2D eigenvalue weighted by Crippen LogP contribution is 2.25. The van der Waals surface area contributed by atoms with Crippen LogP contribution in [0, 0.1) is 11.7 Å². The zero-order valence-corrected chi connectivity index (χ0v) is 14.1. The standard InChI is InChI=1S/C15H19FN2O5S/c1-9-3-4-11(15(20)21)8-18(9)14(19)10-5-6-12(16)13(7-10)17-24(2,22)23/h5-7,9,11,17H,3-4,8H2,1-2H3,(H,20,21). The number of hydrogen-bond acceptors (Lipinski definition) is 4. The number of anilines is 1. The molecule has 0 saturated carbocycles. The van der Waals surface area contributed by atoms with E-state index in [0.29, 0.717) is 12.8 Å². The lowest BCUT2D eigenvalue weighted by Gasteiger charge is -2.36. The van der Waals surface area contributed by atoms with Gasteiger partial charge in [0.1, 0.15) is 5.82 Å². The average molecular weight is 358 g/mol. The average Bonchev–Trinajstić information content (AvgIpc) is 2.47. The Morgan fingerprint density at radius 3 is 2.58 bits per heavy atom. The van der Waals surface area contributed by atoms with Crippen LogP contribution in [-0.2, 0) is 14.8 Å². The van der Waals surface area contributed by atoms with Gasteiger partial charge in [-0.2, -0.15) is 0 Å². The van der Waals surface area contributed by atoms with Gasteiger partial charge in [-0.1, -0.05) is 0 Å². The van der Waals surface area contributed by atoms with Crippen molar-refractivity contribution in [3.63, 3.8) is 0 Å². The molecule has 0 radical (unpaired) electrons. The number of halogens is 1. The first-order valence-electron chi connectivity index (χ1n) is 7.39. The van der Waals surface area contributed by atoms with Crippen molar-refractivity contribution in [1.82, 2.24) is 4.90 Å². The number of piperidine rings is 1. The van der Waals surface area contributed by atoms with Crippen LogP contribution in [0.1, 0.15) is 30.1 Å². The maximum absolute atomic E-state index is 13.7. The largest absolute Gasteiger partial charge is 0.481 e. The molecule has 1 fully saturated rings. The number of rotatable bonds is 4. The molecular weight excluding hydrogens is 339 g/mol. The fourth-order valence-corrected chi connectivity index (χ4v) is 3.25. The summed E-state index contributed by atoms with van der Waals surface area (Å²) in [7, 11) is -3.69. The van der Waals surface area contributed by atoms with Crippen LogP contribution in [0.25, 0.3) is 0 Å². The van der Waals surface area contributed by atoms with Gasteiger partial charge in [0.25, 0.3) is 5.91 Å². The second-order valence-electron chi connectivity index (χ2n) is 5.99. The highest BCUT2D eigenvalue weighted by molar-refractivity contribution is 7.92. The number of nitrogens with zero attached hydrogens (tertiary/aromatic N) is 1. The summed E-state index contributed by atoms with van der Waals surface area (Å²) in [6, 6.07) is 3.23. The number of aliphatic carboxylic acids is 1. The Kier molecular flexibility index (Phi) is 5.12. The fourth-order valence-electron chi connectivity index (χ4n) is 2.69. The normalized spacial score (nSPS) is 21.4. The van der Waals surface area contributed by atoms with Crippen LogP contribution in [0.3, 0.4) is 0 Å². The summed E-state index contributed by atoms with van der Waals surface area (Å²) in [4.78, 5) is 25.2. The summed E-state index contributed by atoms with van der Waals surface area (Å²) < 4.78 is 38.3. The summed E-state index contributed by atoms with van der Waals surface area (Å²) in [5, 5.41) is 9.14. The van der Waals surface area contributed by atoms with Crippen molar-refractivity contribution < 1.29 is 27.5 Å². The summed E-state index contributed by atoms with van der Waals surface area (Å²) in [6.07, 6.45) is 1.92. The van der Waals surface area contributed by atoms with E-state index in [1.807, 2.05) is 11.6 Å². The molecule has 24 heavy (non-hydrogen) atoms. The monoisotopic (exact) mass is 358 g/mol. The van der Waals surface area contributed by atoms with Gasteiger partial charge >= 0.3 is 5.97 Å². The van der Waals surface area contributed by atoms with Gasteiger partial charge in [0.05, 0.1) is 17.9 Å². The van der Waals surface area contributed by atoms with E-state index in [1.54, 1.807) is 0 Å². The van der Waals surface area contributed by atoms with Gasteiger partial charge in [0, 0.05) is 18.2 Å². The van der Waals surface area contributed by atoms with Gasteiger partial charge in [0.15, 0.2) is 0 Å². The molecule has 1 saturated heterocycles. The SMILES string of the molecule is CC1CCC(C(=O)O)CN1C(=O)c1ccc(F)c(NS(C)(=O)=O)c1. The maximum atomic E-state index is 13.7. The van der Waals surface area contributed by atoms with Crippen LogP contribution >= 0.6 is 0 Å². The summed E-state index contributed by atoms with van der Waals surface area (Å²) in [5.41, 5.74) is -0.219. The molecule has 1 heterocycles. The third-order valence-electron chi connectivity index (χ3n) is 4.00. The van der Waals surface area contributed by atoms with Gasteiger partial charge in [-0.15, -0.1) is 0 Å². The molecule has 9 heteroatoms. The minimum atomic E-state index is -3.69. The smallest absolute Gasteiger partial charge is 0.308 e. The molecule has 1 aliphatic rings. The highest BCUT2D eigenvalue weighted by atomic mass is 32.2. The number of nitrogens with one attached hydrogen (secondary N) is 1. The van der Waals surface area contributed by atoms with Crippen LogP contribution < -0.4 is 4.72 Å². The minimum absolute atomic E-state index is 0.0710. The number of benzene rings is 1. The molecule has 1 amide bonds. The zero-order valence-electron chi connectivity index (χ0n) is 13.3. The Hall–Kier alpha value is -2.16. The summed E-state index contributed by atoms with van der Waals surface area (Å²) in [6.45, 7) is 1.89. The van der Waals surface area contributed by atoms with Crippen molar-refractivity contribution in [2.24, 2.45) is 5.92 Å². The second-order valence-corrected chi connectivity index (χ2v) is 7.74. The number of likely N-dealkylation sites (tertiary alicyclic amines) is 1. The predicted octanol–water partition coefficient (Wildman–Crippen LogP) is 1.52. The van der Waals surface area contributed by atoms with E-state index >= 15 is 0 Å². The van der Waals surface area contributed by atoms with Gasteiger partial charge < -0.3 is 10.0 Å². The van der Waals surface area contributed by atoms with E-state index in [9.17, 15) is 22.4 Å². The van der Waals surface area contributed by atoms with E-state index in [1.165, 1.54) is 11.0 Å². The van der Waals surface area contributed by atoms with E-state index in [0.717, 1.165) is 18.4 Å². The molecule has 1 aliphatic heterocycles. The van der Waals surface area contributed by atoms with E-state index in [4.69, 9.17) is 5.11 Å². The lowest BCUT2D eigenvalue weighted by Crippen LogP contribution is -2.47. The fraction of sp³-hybridized carbons (Fsp3) is 0.467. The van der Waals surface area contributed by atoms with Crippen molar-refractivity contribution >= 4 is 27.6 Å². The lowest BCUT2D eigenvalue weighted by atomic mass is 9.93. The molecule has 2 atom stereocenters. The van der Waals surface area contributed by atoms with Crippen LogP contribution in [0.2, 0.25) is 0 Å². The Morgan fingerprint density at radius 2 is 2.00 bits per heavy atom. The molecule has 0 aliphatic carbocycles. The number of hydrogen-bond donors (Lipinski definition) is 2. The Balaban J connectivity index is 2.28. The van der Waals surface area contributed by atoms with Crippen molar-refractivity contribution in [2.75, 3.05) is 17.5 Å². The number of carboxylic acids is 1. The first-order valence-corrected chi connectivity index (χ1v) is 9.28. The van der Waals surface area contributed by atoms with Crippen LogP contribution in [0.15, 0.2) is 18.2 Å². The molecule has 0 bridgehead atoms. The summed E-state index contributed by atoms with van der Waals surface area (Å²) >= 11 is 0. The van der Waals surface area contributed by atoms with Gasteiger partial charge in [0.2, 0.25) is 10.0 Å². The van der Waals surface area contributed by atoms with Gasteiger partial charge in [-0.05, 0) is 38.0 Å². The van der Waals surface area contributed by atoms with Crippen molar-refractivity contribution in [3.05, 3.63) is 29.6 Å².